The van der Waals surface area contributed by atoms with Gasteiger partial charge in [0.1, 0.15) is 0 Å². The summed E-state index contributed by atoms with van der Waals surface area (Å²) in [6.45, 7) is 5.97. The van der Waals surface area contributed by atoms with E-state index in [1.807, 2.05) is 24.7 Å². The Morgan fingerprint density at radius 3 is 2.84 bits per heavy atom. The Morgan fingerprint density at radius 2 is 2.16 bits per heavy atom. The summed E-state index contributed by atoms with van der Waals surface area (Å²) in [5.74, 6) is -0.759. The molecular formula is C19H26N4O2. The fraction of sp³-hybridized carbons (Fsp3) is 0.526. The average molecular weight is 342 g/mol. The van der Waals surface area contributed by atoms with Crippen LogP contribution in [0.15, 0.2) is 18.3 Å². The van der Waals surface area contributed by atoms with Gasteiger partial charge in [-0.3, -0.25) is 19.4 Å². The SMILES string of the molecule is Cc1cc(CCC(=O)O)cc(C2CCCN2Cc2cn(C)nc2C)n1. The Morgan fingerprint density at radius 1 is 1.36 bits per heavy atom. The summed E-state index contributed by atoms with van der Waals surface area (Å²) in [5.41, 5.74) is 5.43. The summed E-state index contributed by atoms with van der Waals surface area (Å²) in [4.78, 5) is 18.1. The zero-order valence-electron chi connectivity index (χ0n) is 15.2. The average Bonchev–Trinajstić information content (AvgIpc) is 3.11. The topological polar surface area (TPSA) is 71.2 Å². The van der Waals surface area contributed by atoms with Crippen molar-refractivity contribution in [3.05, 3.63) is 46.5 Å². The van der Waals surface area contributed by atoms with Crippen molar-refractivity contribution >= 4 is 5.97 Å². The number of nitrogens with zero attached hydrogens (tertiary/aromatic N) is 4. The van der Waals surface area contributed by atoms with Gasteiger partial charge in [-0.2, -0.15) is 5.10 Å². The first-order valence-electron chi connectivity index (χ1n) is 8.85. The molecule has 1 aliphatic rings. The lowest BCUT2D eigenvalue weighted by Gasteiger charge is -2.24. The van der Waals surface area contributed by atoms with E-state index in [9.17, 15) is 4.79 Å². The van der Waals surface area contributed by atoms with Crippen LogP contribution in [0.25, 0.3) is 0 Å². The summed E-state index contributed by atoms with van der Waals surface area (Å²) >= 11 is 0. The number of hydrogen-bond donors (Lipinski definition) is 1. The maximum absolute atomic E-state index is 10.9. The molecule has 1 unspecified atom stereocenters. The van der Waals surface area contributed by atoms with Gasteiger partial charge in [0, 0.05) is 37.5 Å². The zero-order valence-corrected chi connectivity index (χ0v) is 15.2. The van der Waals surface area contributed by atoms with Crippen molar-refractivity contribution in [3.63, 3.8) is 0 Å². The van der Waals surface area contributed by atoms with Crippen LogP contribution in [0.4, 0.5) is 0 Å². The van der Waals surface area contributed by atoms with E-state index in [4.69, 9.17) is 10.1 Å². The molecule has 0 aliphatic carbocycles. The second-order valence-electron chi connectivity index (χ2n) is 6.98. The van der Waals surface area contributed by atoms with Gasteiger partial charge in [0.05, 0.1) is 17.4 Å². The van der Waals surface area contributed by atoms with Crippen LogP contribution in [0.2, 0.25) is 0 Å². The number of aromatic nitrogens is 3. The predicted molar refractivity (Wildman–Crippen MR) is 95.3 cm³/mol. The minimum absolute atomic E-state index is 0.159. The molecule has 0 radical (unpaired) electrons. The predicted octanol–water partition coefficient (Wildman–Crippen LogP) is 2.79. The first kappa shape index (κ1) is 17.6. The van der Waals surface area contributed by atoms with Crippen LogP contribution >= 0.6 is 0 Å². The first-order valence-corrected chi connectivity index (χ1v) is 8.85. The molecule has 0 bridgehead atoms. The summed E-state index contributed by atoms with van der Waals surface area (Å²) in [7, 11) is 1.95. The van der Waals surface area contributed by atoms with Crippen LogP contribution in [-0.2, 0) is 24.8 Å². The number of pyridine rings is 1. The van der Waals surface area contributed by atoms with Crippen LogP contribution in [-0.4, -0.2) is 37.3 Å². The highest BCUT2D eigenvalue weighted by Crippen LogP contribution is 2.33. The molecule has 3 rings (SSSR count). The van der Waals surface area contributed by atoms with Crippen LogP contribution in [0.1, 0.15) is 53.5 Å². The van der Waals surface area contributed by atoms with E-state index >= 15 is 0 Å². The molecule has 1 saturated heterocycles. The summed E-state index contributed by atoms with van der Waals surface area (Å²) < 4.78 is 1.87. The van der Waals surface area contributed by atoms with E-state index in [1.165, 1.54) is 5.56 Å². The molecule has 25 heavy (non-hydrogen) atoms. The number of aryl methyl sites for hydroxylation is 4. The molecule has 1 fully saturated rings. The number of likely N-dealkylation sites (tertiary alicyclic amines) is 1. The lowest BCUT2D eigenvalue weighted by Crippen LogP contribution is -2.24. The number of aliphatic carboxylic acids is 1. The zero-order chi connectivity index (χ0) is 18.0. The number of carboxylic acid groups (broad SMARTS) is 1. The van der Waals surface area contributed by atoms with Gasteiger partial charge in [-0.15, -0.1) is 0 Å². The van der Waals surface area contributed by atoms with Crippen molar-refractivity contribution in [3.8, 4) is 0 Å². The smallest absolute Gasteiger partial charge is 0.303 e. The molecule has 1 N–H and O–H groups in total. The fourth-order valence-electron chi connectivity index (χ4n) is 3.71. The minimum Gasteiger partial charge on any atom is -0.481 e. The molecule has 2 aromatic heterocycles. The fourth-order valence-corrected chi connectivity index (χ4v) is 3.71. The van der Waals surface area contributed by atoms with E-state index < -0.39 is 5.97 Å². The molecule has 0 aromatic carbocycles. The lowest BCUT2D eigenvalue weighted by molar-refractivity contribution is -0.136. The Labute approximate surface area is 148 Å². The monoisotopic (exact) mass is 342 g/mol. The molecular weight excluding hydrogens is 316 g/mol. The van der Waals surface area contributed by atoms with E-state index in [0.29, 0.717) is 12.5 Å². The van der Waals surface area contributed by atoms with Gasteiger partial charge in [-0.05, 0) is 57.4 Å². The van der Waals surface area contributed by atoms with Crippen LogP contribution < -0.4 is 0 Å². The van der Waals surface area contributed by atoms with Gasteiger partial charge in [0.25, 0.3) is 0 Å². The van der Waals surface area contributed by atoms with Crippen molar-refractivity contribution in [1.29, 1.82) is 0 Å². The summed E-state index contributed by atoms with van der Waals surface area (Å²) in [5, 5.41) is 13.4. The standard InChI is InChI=1S/C19H26N4O2/c1-13-9-15(6-7-19(24)25)10-17(20-13)18-5-4-8-23(18)12-16-11-22(3)21-14(16)2/h9-11,18H,4-8,12H2,1-3H3,(H,24,25). The van der Waals surface area contributed by atoms with Gasteiger partial charge in [-0.25, -0.2) is 0 Å². The Balaban J connectivity index is 1.79. The van der Waals surface area contributed by atoms with E-state index in [1.54, 1.807) is 0 Å². The Bertz CT molecular complexity index is 769. The highest BCUT2D eigenvalue weighted by atomic mass is 16.4. The second kappa shape index (κ2) is 7.35. The van der Waals surface area contributed by atoms with Gasteiger partial charge in [0.15, 0.2) is 0 Å². The maximum Gasteiger partial charge on any atom is 0.303 e. The van der Waals surface area contributed by atoms with Crippen molar-refractivity contribution in [2.75, 3.05) is 6.54 Å². The highest BCUT2D eigenvalue weighted by molar-refractivity contribution is 5.67. The molecule has 6 heteroatoms. The Hall–Kier alpha value is -2.21. The van der Waals surface area contributed by atoms with Gasteiger partial charge >= 0.3 is 5.97 Å². The van der Waals surface area contributed by atoms with Crippen LogP contribution in [0, 0.1) is 13.8 Å². The molecule has 134 valence electrons. The minimum atomic E-state index is -0.759. The molecule has 2 aromatic rings. The number of hydrogen-bond acceptors (Lipinski definition) is 4. The van der Waals surface area contributed by atoms with Crippen molar-refractivity contribution in [2.24, 2.45) is 7.05 Å². The van der Waals surface area contributed by atoms with Crippen molar-refractivity contribution in [1.82, 2.24) is 19.7 Å². The normalized spacial score (nSPS) is 18.0. The van der Waals surface area contributed by atoms with Crippen LogP contribution in [0.5, 0.6) is 0 Å². The molecule has 6 nitrogen and oxygen atoms in total. The second-order valence-corrected chi connectivity index (χ2v) is 6.98. The summed E-state index contributed by atoms with van der Waals surface area (Å²) in [6, 6.07) is 4.38. The third-order valence-electron chi connectivity index (χ3n) is 4.85. The maximum atomic E-state index is 10.9. The molecule has 1 atom stereocenters. The van der Waals surface area contributed by atoms with Crippen molar-refractivity contribution < 1.29 is 9.90 Å². The third-order valence-corrected chi connectivity index (χ3v) is 4.85. The Kier molecular flexibility index (Phi) is 5.18. The molecule has 0 saturated carbocycles. The number of rotatable bonds is 6. The van der Waals surface area contributed by atoms with Gasteiger partial charge < -0.3 is 5.11 Å². The van der Waals surface area contributed by atoms with Gasteiger partial charge in [-0.1, -0.05) is 0 Å². The number of carboxylic acids is 1. The number of carbonyl (C=O) groups is 1. The lowest BCUT2D eigenvalue weighted by atomic mass is 10.0. The largest absolute Gasteiger partial charge is 0.481 e. The van der Waals surface area contributed by atoms with E-state index in [2.05, 4.69) is 29.2 Å². The van der Waals surface area contributed by atoms with Gasteiger partial charge in [0.2, 0.25) is 0 Å². The highest BCUT2D eigenvalue weighted by Gasteiger charge is 2.28. The molecule has 1 aliphatic heterocycles. The molecule has 0 amide bonds. The van der Waals surface area contributed by atoms with E-state index in [0.717, 1.165) is 48.6 Å². The molecule has 3 heterocycles. The van der Waals surface area contributed by atoms with Crippen molar-refractivity contribution in [2.45, 2.75) is 52.1 Å². The first-order chi connectivity index (χ1) is 11.9. The quantitative estimate of drug-likeness (QED) is 0.874. The third kappa shape index (κ3) is 4.25. The molecule has 0 spiro atoms. The van der Waals surface area contributed by atoms with E-state index in [-0.39, 0.29) is 6.42 Å². The van der Waals surface area contributed by atoms with Crippen LogP contribution in [0.3, 0.4) is 0 Å². The summed E-state index contributed by atoms with van der Waals surface area (Å²) in [6.07, 6.45) is 5.05.